The molecule has 1 unspecified atom stereocenters. The van der Waals surface area contributed by atoms with Gasteiger partial charge in [-0.05, 0) is 54.1 Å². The lowest BCUT2D eigenvalue weighted by Gasteiger charge is -2.11. The second-order valence-electron chi connectivity index (χ2n) is 7.25. The number of rotatable bonds is 6. The maximum Gasteiger partial charge on any atom is 0.287 e. The van der Waals surface area contributed by atoms with Gasteiger partial charge in [0, 0.05) is 6.20 Å². The average molecular weight is 412 g/mol. The number of hydrogen-bond acceptors (Lipinski definition) is 5. The second-order valence-corrected chi connectivity index (χ2v) is 7.25. The number of furan rings is 1. The third-order valence-electron chi connectivity index (χ3n) is 5.06. The van der Waals surface area contributed by atoms with Crippen LogP contribution in [0.25, 0.3) is 16.4 Å². The molecule has 0 saturated heterocycles. The Bertz CT molecular complexity index is 1370. The zero-order chi connectivity index (χ0) is 21.2. The molecule has 31 heavy (non-hydrogen) atoms. The smallest absolute Gasteiger partial charge is 0.287 e. The van der Waals surface area contributed by atoms with Gasteiger partial charge in [-0.25, -0.2) is 0 Å². The molecule has 7 heteroatoms. The van der Waals surface area contributed by atoms with Gasteiger partial charge in [0.1, 0.15) is 18.1 Å². The molecule has 1 atom stereocenters. The molecule has 0 bridgehead atoms. The summed E-state index contributed by atoms with van der Waals surface area (Å²) in [5, 5.41) is 13.5. The average Bonchev–Trinajstić information content (AvgIpc) is 3.45. The maximum absolute atomic E-state index is 12.6. The monoisotopic (exact) mass is 412 g/mol. The van der Waals surface area contributed by atoms with Gasteiger partial charge in [0.2, 0.25) is 0 Å². The zero-order valence-corrected chi connectivity index (χ0v) is 16.9. The Morgan fingerprint density at radius 1 is 1.03 bits per heavy atom. The Balaban J connectivity index is 1.23. The summed E-state index contributed by atoms with van der Waals surface area (Å²) in [5.41, 5.74) is 0.727. The topological polar surface area (TPSA) is 81.7 Å². The van der Waals surface area contributed by atoms with E-state index in [4.69, 9.17) is 9.15 Å². The number of fused-ring (bicyclic) bond motifs is 2. The molecule has 0 saturated carbocycles. The van der Waals surface area contributed by atoms with Crippen LogP contribution in [0.3, 0.4) is 0 Å². The number of benzene rings is 2. The third kappa shape index (κ3) is 3.85. The van der Waals surface area contributed by atoms with Crippen molar-refractivity contribution in [1.82, 2.24) is 19.9 Å². The number of ether oxygens (including phenoxy) is 1. The van der Waals surface area contributed by atoms with Crippen LogP contribution in [0.4, 0.5) is 0 Å². The van der Waals surface area contributed by atoms with E-state index in [0.29, 0.717) is 11.6 Å². The molecular weight excluding hydrogens is 392 g/mol. The minimum absolute atomic E-state index is 0.220. The van der Waals surface area contributed by atoms with Crippen LogP contribution in [-0.2, 0) is 6.61 Å². The summed E-state index contributed by atoms with van der Waals surface area (Å²) < 4.78 is 13.4. The molecule has 7 nitrogen and oxygen atoms in total. The van der Waals surface area contributed by atoms with Gasteiger partial charge >= 0.3 is 0 Å². The van der Waals surface area contributed by atoms with E-state index in [9.17, 15) is 4.79 Å². The summed E-state index contributed by atoms with van der Waals surface area (Å²) in [7, 11) is 0. The van der Waals surface area contributed by atoms with E-state index in [1.165, 1.54) is 0 Å². The number of amides is 1. The van der Waals surface area contributed by atoms with E-state index in [1.807, 2.05) is 72.1 Å². The van der Waals surface area contributed by atoms with E-state index in [1.54, 1.807) is 12.1 Å². The molecule has 2 aromatic carbocycles. The van der Waals surface area contributed by atoms with Gasteiger partial charge in [-0.3, -0.25) is 9.20 Å². The van der Waals surface area contributed by atoms with Gasteiger partial charge in [0.25, 0.3) is 5.91 Å². The molecule has 3 aromatic heterocycles. The fourth-order valence-electron chi connectivity index (χ4n) is 3.48. The van der Waals surface area contributed by atoms with E-state index in [0.717, 1.165) is 22.2 Å². The van der Waals surface area contributed by atoms with Crippen molar-refractivity contribution in [3.05, 3.63) is 96.3 Å². The second kappa shape index (κ2) is 7.95. The Morgan fingerprint density at radius 3 is 2.77 bits per heavy atom. The predicted octanol–water partition coefficient (Wildman–Crippen LogP) is 4.55. The first-order chi connectivity index (χ1) is 15.2. The van der Waals surface area contributed by atoms with Crippen molar-refractivity contribution in [2.24, 2.45) is 0 Å². The van der Waals surface area contributed by atoms with Gasteiger partial charge in [0.05, 0.1) is 6.04 Å². The summed E-state index contributed by atoms with van der Waals surface area (Å²) >= 11 is 0. The molecule has 0 fully saturated rings. The van der Waals surface area contributed by atoms with Crippen LogP contribution in [0.15, 0.2) is 83.4 Å². The Kier molecular flexibility index (Phi) is 4.84. The number of carbonyl (C=O) groups is 1. The molecule has 0 radical (unpaired) electrons. The van der Waals surface area contributed by atoms with E-state index in [2.05, 4.69) is 21.6 Å². The lowest BCUT2D eigenvalue weighted by molar-refractivity contribution is 0.0906. The van der Waals surface area contributed by atoms with Gasteiger partial charge in [-0.1, -0.05) is 36.4 Å². The lowest BCUT2D eigenvalue weighted by Crippen LogP contribution is -2.27. The van der Waals surface area contributed by atoms with Gasteiger partial charge < -0.3 is 14.5 Å². The fraction of sp³-hybridized carbons (Fsp3) is 0.125. The first kappa shape index (κ1) is 18.9. The first-order valence-corrected chi connectivity index (χ1v) is 9.98. The molecule has 0 aliphatic rings. The van der Waals surface area contributed by atoms with E-state index >= 15 is 0 Å². The normalized spacial score (nSPS) is 12.2. The highest BCUT2D eigenvalue weighted by Crippen LogP contribution is 2.22. The van der Waals surface area contributed by atoms with Gasteiger partial charge in [-0.15, -0.1) is 10.2 Å². The lowest BCUT2D eigenvalue weighted by atomic mass is 10.1. The van der Waals surface area contributed by atoms with Crippen LogP contribution < -0.4 is 10.1 Å². The molecule has 3 heterocycles. The molecular formula is C24H20N4O3. The van der Waals surface area contributed by atoms with Crippen molar-refractivity contribution in [3.8, 4) is 5.75 Å². The number of carbonyl (C=O) groups excluding carboxylic acids is 1. The van der Waals surface area contributed by atoms with Crippen molar-refractivity contribution in [1.29, 1.82) is 0 Å². The van der Waals surface area contributed by atoms with Crippen molar-refractivity contribution >= 4 is 22.3 Å². The van der Waals surface area contributed by atoms with Gasteiger partial charge in [0.15, 0.2) is 17.2 Å². The Labute approximate surface area is 178 Å². The first-order valence-electron chi connectivity index (χ1n) is 9.98. The molecule has 0 aliphatic carbocycles. The Morgan fingerprint density at radius 2 is 1.87 bits per heavy atom. The van der Waals surface area contributed by atoms with Crippen molar-refractivity contribution in [3.63, 3.8) is 0 Å². The number of hydrogen-bond donors (Lipinski definition) is 1. The molecule has 5 aromatic rings. The largest absolute Gasteiger partial charge is 0.486 e. The van der Waals surface area contributed by atoms with Crippen LogP contribution in [0, 0.1) is 0 Å². The SMILES string of the molecule is CC(NC(=O)c1ccc(COc2ccc3ccccc3c2)o1)c1nnc2ccccn12. The summed E-state index contributed by atoms with van der Waals surface area (Å²) in [5.74, 6) is 1.86. The highest BCUT2D eigenvalue weighted by atomic mass is 16.5. The quantitative estimate of drug-likeness (QED) is 0.443. The maximum atomic E-state index is 12.6. The van der Waals surface area contributed by atoms with E-state index < -0.39 is 0 Å². The fourth-order valence-corrected chi connectivity index (χ4v) is 3.48. The van der Waals surface area contributed by atoms with Crippen LogP contribution in [0.5, 0.6) is 5.75 Å². The molecule has 0 spiro atoms. The van der Waals surface area contributed by atoms with Crippen LogP contribution in [0.2, 0.25) is 0 Å². The Hall–Kier alpha value is -4.13. The summed E-state index contributed by atoms with van der Waals surface area (Å²) in [4.78, 5) is 12.6. The number of nitrogens with zero attached hydrogens (tertiary/aromatic N) is 3. The number of nitrogens with one attached hydrogen (secondary N) is 1. The zero-order valence-electron chi connectivity index (χ0n) is 16.9. The van der Waals surface area contributed by atoms with Crippen LogP contribution in [-0.4, -0.2) is 20.5 Å². The molecule has 5 rings (SSSR count). The summed E-state index contributed by atoms with van der Waals surface area (Å²) in [6.45, 7) is 2.09. The number of aromatic nitrogens is 3. The molecule has 1 N–H and O–H groups in total. The number of pyridine rings is 1. The highest BCUT2D eigenvalue weighted by molar-refractivity contribution is 5.91. The summed E-state index contributed by atoms with van der Waals surface area (Å²) in [6.07, 6.45) is 1.86. The third-order valence-corrected chi connectivity index (χ3v) is 5.06. The van der Waals surface area contributed by atoms with E-state index in [-0.39, 0.29) is 24.3 Å². The van der Waals surface area contributed by atoms with Crippen LogP contribution in [0.1, 0.15) is 35.1 Å². The predicted molar refractivity (Wildman–Crippen MR) is 116 cm³/mol. The summed E-state index contributed by atoms with van der Waals surface area (Å²) in [6, 6.07) is 22.7. The highest BCUT2D eigenvalue weighted by Gasteiger charge is 2.19. The minimum Gasteiger partial charge on any atom is -0.486 e. The molecule has 0 aliphatic heterocycles. The molecule has 154 valence electrons. The standard InChI is InChI=1S/C24H20N4O3/c1-16(23-27-26-22-8-4-5-13-28(22)23)25-24(29)21-12-11-20(31-21)15-30-19-10-9-17-6-2-3-7-18(17)14-19/h2-14,16H,15H2,1H3,(H,25,29). The minimum atomic E-state index is -0.340. The van der Waals surface area contributed by atoms with Crippen LogP contribution >= 0.6 is 0 Å². The molecule has 1 amide bonds. The van der Waals surface area contributed by atoms with Gasteiger partial charge in [-0.2, -0.15) is 0 Å². The van der Waals surface area contributed by atoms with Crippen molar-refractivity contribution in [2.45, 2.75) is 19.6 Å². The van der Waals surface area contributed by atoms with Crippen molar-refractivity contribution < 1.29 is 13.9 Å². The van der Waals surface area contributed by atoms with Crippen molar-refractivity contribution in [2.75, 3.05) is 0 Å².